The van der Waals surface area contributed by atoms with E-state index in [1.807, 2.05) is 38.8 Å². The van der Waals surface area contributed by atoms with E-state index in [0.29, 0.717) is 0 Å². The van der Waals surface area contributed by atoms with E-state index in [1.165, 1.54) is 4.88 Å². The lowest BCUT2D eigenvalue weighted by Gasteiger charge is -2.41. The van der Waals surface area contributed by atoms with Gasteiger partial charge in [0.25, 0.3) is 0 Å². The van der Waals surface area contributed by atoms with Crippen molar-refractivity contribution in [1.82, 2.24) is 15.2 Å². The fourth-order valence-corrected chi connectivity index (χ4v) is 3.68. The normalized spacial score (nSPS) is 22.2. The molecule has 1 saturated heterocycles. The molecule has 1 aromatic heterocycles. The Morgan fingerprint density at radius 3 is 2.87 bits per heavy atom. The van der Waals surface area contributed by atoms with Crippen molar-refractivity contribution in [2.45, 2.75) is 59.6 Å². The van der Waals surface area contributed by atoms with Crippen molar-refractivity contribution in [2.24, 2.45) is 5.41 Å². The van der Waals surface area contributed by atoms with Crippen LogP contribution < -0.4 is 5.32 Å². The second-order valence-corrected chi connectivity index (χ2v) is 9.08. The van der Waals surface area contributed by atoms with Gasteiger partial charge in [-0.25, -0.2) is 9.78 Å². The monoisotopic (exact) mass is 339 g/mol. The van der Waals surface area contributed by atoms with Crippen molar-refractivity contribution in [1.29, 1.82) is 0 Å². The molecule has 0 aromatic carbocycles. The largest absolute Gasteiger partial charge is 0.444 e. The van der Waals surface area contributed by atoms with Gasteiger partial charge in [0.1, 0.15) is 5.60 Å². The van der Waals surface area contributed by atoms with Gasteiger partial charge in [-0.2, -0.15) is 0 Å². The summed E-state index contributed by atoms with van der Waals surface area (Å²) >= 11 is 1.73. The molecule has 1 amide bonds. The third-order valence-electron chi connectivity index (χ3n) is 3.95. The summed E-state index contributed by atoms with van der Waals surface area (Å²) in [5.41, 5.74) is -0.345. The van der Waals surface area contributed by atoms with Crippen molar-refractivity contribution in [2.75, 3.05) is 19.6 Å². The Kier molecular flexibility index (Phi) is 5.68. The lowest BCUT2D eigenvalue weighted by atomic mass is 9.82. The molecule has 1 aromatic rings. The van der Waals surface area contributed by atoms with Gasteiger partial charge in [0.05, 0.1) is 5.01 Å². The fraction of sp³-hybridized carbons (Fsp3) is 0.765. The van der Waals surface area contributed by atoms with Gasteiger partial charge in [0, 0.05) is 37.3 Å². The summed E-state index contributed by atoms with van der Waals surface area (Å²) in [6.45, 7) is 13.3. The lowest BCUT2D eigenvalue weighted by Crippen LogP contribution is -2.50. The van der Waals surface area contributed by atoms with Crippen LogP contribution in [0.1, 0.15) is 50.4 Å². The quantitative estimate of drug-likeness (QED) is 0.911. The Labute approximate surface area is 143 Å². The summed E-state index contributed by atoms with van der Waals surface area (Å²) in [6, 6.07) is 0. The van der Waals surface area contributed by atoms with E-state index in [1.54, 1.807) is 11.3 Å². The Balaban J connectivity index is 1.84. The summed E-state index contributed by atoms with van der Waals surface area (Å²) in [5.74, 6) is 0. The van der Waals surface area contributed by atoms with Crippen molar-refractivity contribution in [3.63, 3.8) is 0 Å². The van der Waals surface area contributed by atoms with Gasteiger partial charge in [0.15, 0.2) is 0 Å². The molecule has 0 spiro atoms. The zero-order chi connectivity index (χ0) is 17.1. The van der Waals surface area contributed by atoms with Crippen LogP contribution in [0.4, 0.5) is 4.79 Å². The number of rotatable bonds is 4. The molecule has 1 N–H and O–H groups in total. The Bertz CT molecular complexity index is 538. The molecule has 1 fully saturated rings. The summed E-state index contributed by atoms with van der Waals surface area (Å²) in [5, 5.41) is 4.62. The number of carbonyl (C=O) groups excluding carboxylic acids is 1. The number of nitrogens with zero attached hydrogens (tertiary/aromatic N) is 2. The van der Waals surface area contributed by atoms with Crippen LogP contribution in [0.5, 0.6) is 0 Å². The second kappa shape index (κ2) is 7.18. The molecule has 0 aliphatic carbocycles. The highest BCUT2D eigenvalue weighted by atomic mass is 32.1. The molecule has 0 bridgehead atoms. The minimum Gasteiger partial charge on any atom is -0.444 e. The average Bonchev–Trinajstić information content (AvgIpc) is 2.82. The molecule has 0 radical (unpaired) electrons. The number of carbonyl (C=O) groups is 1. The minimum absolute atomic E-state index is 0.0921. The predicted molar refractivity (Wildman–Crippen MR) is 93.7 cm³/mol. The Morgan fingerprint density at radius 1 is 1.52 bits per heavy atom. The predicted octanol–water partition coefficient (Wildman–Crippen LogP) is 3.58. The Hall–Kier alpha value is -1.14. The molecule has 1 unspecified atom stereocenters. The molecular weight excluding hydrogens is 310 g/mol. The molecule has 5 nitrogen and oxygen atoms in total. The fourth-order valence-electron chi connectivity index (χ4n) is 2.92. The summed E-state index contributed by atoms with van der Waals surface area (Å²) in [7, 11) is 0. The van der Waals surface area contributed by atoms with Gasteiger partial charge >= 0.3 is 6.09 Å². The first-order valence-corrected chi connectivity index (χ1v) is 9.08. The SMILES string of the molecule is Cc1ncc(CNCC2(C)CCCN(C(=O)OC(C)(C)C)C2)s1. The number of amides is 1. The average molecular weight is 340 g/mol. The number of ether oxygens (including phenoxy) is 1. The Morgan fingerprint density at radius 2 is 2.26 bits per heavy atom. The minimum atomic E-state index is -0.437. The maximum Gasteiger partial charge on any atom is 0.410 e. The van der Waals surface area contributed by atoms with Gasteiger partial charge < -0.3 is 15.0 Å². The first-order valence-electron chi connectivity index (χ1n) is 8.27. The van der Waals surface area contributed by atoms with Crippen LogP contribution in [0.15, 0.2) is 6.20 Å². The summed E-state index contributed by atoms with van der Waals surface area (Å²) < 4.78 is 5.51. The van der Waals surface area contributed by atoms with Crippen LogP contribution in [-0.2, 0) is 11.3 Å². The van der Waals surface area contributed by atoms with Crippen molar-refractivity contribution in [3.05, 3.63) is 16.1 Å². The molecular formula is C17H29N3O2S. The molecule has 23 heavy (non-hydrogen) atoms. The maximum atomic E-state index is 12.3. The van der Waals surface area contributed by atoms with Crippen LogP contribution in [-0.4, -0.2) is 41.2 Å². The second-order valence-electron chi connectivity index (χ2n) is 7.77. The first-order chi connectivity index (χ1) is 10.7. The van der Waals surface area contributed by atoms with Crippen molar-refractivity contribution < 1.29 is 9.53 Å². The van der Waals surface area contributed by atoms with Crippen molar-refractivity contribution >= 4 is 17.4 Å². The topological polar surface area (TPSA) is 54.5 Å². The van der Waals surface area contributed by atoms with E-state index < -0.39 is 5.60 Å². The lowest BCUT2D eigenvalue weighted by molar-refractivity contribution is 0.00676. The number of piperidine rings is 1. The van der Waals surface area contributed by atoms with E-state index in [-0.39, 0.29) is 11.5 Å². The number of likely N-dealkylation sites (tertiary alicyclic amines) is 1. The smallest absolute Gasteiger partial charge is 0.410 e. The third kappa shape index (κ3) is 5.77. The molecule has 0 saturated carbocycles. The molecule has 1 aliphatic heterocycles. The van der Waals surface area contributed by atoms with Gasteiger partial charge in [-0.05, 0) is 46.0 Å². The molecule has 2 heterocycles. The van der Waals surface area contributed by atoms with E-state index in [4.69, 9.17) is 4.74 Å². The first kappa shape index (κ1) is 18.2. The standard InChI is InChI=1S/C17H29N3O2S/c1-13-19-10-14(23-13)9-18-11-17(5)7-6-8-20(12-17)15(21)22-16(2,3)4/h10,18H,6-9,11-12H2,1-5H3. The number of hydrogen-bond donors (Lipinski definition) is 1. The van der Waals surface area contributed by atoms with Gasteiger partial charge in [0.2, 0.25) is 0 Å². The van der Waals surface area contributed by atoms with Crippen LogP contribution >= 0.6 is 11.3 Å². The number of hydrogen-bond acceptors (Lipinski definition) is 5. The van der Waals surface area contributed by atoms with Crippen LogP contribution in [0.25, 0.3) is 0 Å². The van der Waals surface area contributed by atoms with Crippen LogP contribution in [0, 0.1) is 12.3 Å². The zero-order valence-corrected chi connectivity index (χ0v) is 15.8. The van der Waals surface area contributed by atoms with E-state index >= 15 is 0 Å². The number of aromatic nitrogens is 1. The van der Waals surface area contributed by atoms with E-state index in [0.717, 1.165) is 44.0 Å². The van der Waals surface area contributed by atoms with Crippen LogP contribution in [0.3, 0.4) is 0 Å². The number of nitrogens with one attached hydrogen (secondary N) is 1. The summed E-state index contributed by atoms with van der Waals surface area (Å²) in [4.78, 5) is 19.7. The molecule has 130 valence electrons. The molecule has 1 atom stereocenters. The van der Waals surface area contributed by atoms with Gasteiger partial charge in [-0.15, -0.1) is 11.3 Å². The maximum absolute atomic E-state index is 12.3. The highest BCUT2D eigenvalue weighted by Gasteiger charge is 2.34. The number of thiazole rings is 1. The van der Waals surface area contributed by atoms with Crippen molar-refractivity contribution in [3.8, 4) is 0 Å². The highest BCUT2D eigenvalue weighted by molar-refractivity contribution is 7.11. The van der Waals surface area contributed by atoms with E-state index in [2.05, 4.69) is 17.2 Å². The zero-order valence-electron chi connectivity index (χ0n) is 14.9. The highest BCUT2D eigenvalue weighted by Crippen LogP contribution is 2.29. The molecule has 6 heteroatoms. The number of aryl methyl sites for hydroxylation is 1. The van der Waals surface area contributed by atoms with Gasteiger partial charge in [-0.1, -0.05) is 6.92 Å². The third-order valence-corrected chi connectivity index (χ3v) is 4.87. The van der Waals surface area contributed by atoms with E-state index in [9.17, 15) is 4.79 Å². The van der Waals surface area contributed by atoms with Gasteiger partial charge in [-0.3, -0.25) is 0 Å². The molecule has 2 rings (SSSR count). The molecule has 1 aliphatic rings. The van der Waals surface area contributed by atoms with Crippen LogP contribution in [0.2, 0.25) is 0 Å². The summed E-state index contributed by atoms with van der Waals surface area (Å²) in [6.07, 6.45) is 3.89.